The topological polar surface area (TPSA) is 38.9 Å². The van der Waals surface area contributed by atoms with Crippen LogP contribution >= 0.6 is 11.6 Å². The summed E-state index contributed by atoms with van der Waals surface area (Å²) in [6, 6.07) is 8.20. The molecule has 3 aromatic rings. The maximum atomic E-state index is 6.48. The van der Waals surface area contributed by atoms with E-state index in [-0.39, 0.29) is 6.04 Å². The number of nitrogens with zero attached hydrogens (tertiary/aromatic N) is 5. The second kappa shape index (κ2) is 8.28. The fourth-order valence-electron chi connectivity index (χ4n) is 3.64. The Labute approximate surface area is 166 Å². The van der Waals surface area contributed by atoms with Crippen molar-refractivity contribution in [3.63, 3.8) is 0 Å². The van der Waals surface area contributed by atoms with E-state index >= 15 is 0 Å². The average Bonchev–Trinajstić information content (AvgIpc) is 3.18. The molecule has 0 aliphatic carbocycles. The molecule has 1 aromatic carbocycles. The molecule has 3 rings (SSSR count). The van der Waals surface area contributed by atoms with Gasteiger partial charge in [0.05, 0.1) is 30.0 Å². The monoisotopic (exact) mass is 385 g/mol. The summed E-state index contributed by atoms with van der Waals surface area (Å²) in [5.74, 6) is 0. The number of aryl methyl sites for hydroxylation is 2. The SMILES string of the molecule is CCCn1nc(C)c(-c2cncn2CC(c2ccccc2Cl)N(C)C)c1C. The zero-order valence-electron chi connectivity index (χ0n) is 16.8. The molecule has 5 nitrogen and oxygen atoms in total. The third-order valence-corrected chi connectivity index (χ3v) is 5.39. The summed E-state index contributed by atoms with van der Waals surface area (Å²) in [5, 5.41) is 5.52. The number of imidazole rings is 1. The van der Waals surface area contributed by atoms with E-state index in [9.17, 15) is 0 Å². The van der Waals surface area contributed by atoms with Crippen molar-refractivity contribution in [1.29, 1.82) is 0 Å². The molecule has 2 aromatic heterocycles. The molecule has 2 heterocycles. The Morgan fingerprint density at radius 3 is 2.59 bits per heavy atom. The largest absolute Gasteiger partial charge is 0.329 e. The lowest BCUT2D eigenvalue weighted by Gasteiger charge is -2.27. The van der Waals surface area contributed by atoms with Crippen molar-refractivity contribution < 1.29 is 0 Å². The van der Waals surface area contributed by atoms with Gasteiger partial charge < -0.3 is 9.47 Å². The molecule has 0 amide bonds. The predicted octanol–water partition coefficient (Wildman–Crippen LogP) is 4.73. The lowest BCUT2D eigenvalue weighted by molar-refractivity contribution is 0.269. The molecule has 1 unspecified atom stereocenters. The molecule has 0 radical (unpaired) electrons. The number of hydrogen-bond donors (Lipinski definition) is 0. The van der Waals surface area contributed by atoms with Crippen molar-refractivity contribution in [2.75, 3.05) is 14.1 Å². The summed E-state index contributed by atoms with van der Waals surface area (Å²) < 4.78 is 4.31. The van der Waals surface area contributed by atoms with Crippen LogP contribution in [0, 0.1) is 13.8 Å². The number of likely N-dealkylation sites (N-methyl/N-ethyl adjacent to an activating group) is 1. The zero-order chi connectivity index (χ0) is 19.6. The van der Waals surface area contributed by atoms with Gasteiger partial charge in [-0.3, -0.25) is 4.68 Å². The normalized spacial score (nSPS) is 12.7. The lowest BCUT2D eigenvalue weighted by atomic mass is 10.0. The van der Waals surface area contributed by atoms with Crippen molar-refractivity contribution >= 4 is 11.6 Å². The second-order valence-corrected chi connectivity index (χ2v) is 7.61. The minimum Gasteiger partial charge on any atom is -0.329 e. The summed E-state index contributed by atoms with van der Waals surface area (Å²) in [6.07, 6.45) is 4.90. The highest BCUT2D eigenvalue weighted by Gasteiger charge is 2.21. The van der Waals surface area contributed by atoms with E-state index < -0.39 is 0 Å². The Bertz CT molecular complexity index is 909. The molecule has 0 aliphatic heterocycles. The molecule has 1 atom stereocenters. The van der Waals surface area contributed by atoms with Crippen LogP contribution in [0.4, 0.5) is 0 Å². The molecule has 0 N–H and O–H groups in total. The number of benzene rings is 1. The smallest absolute Gasteiger partial charge is 0.0951 e. The molecule has 0 aliphatic rings. The van der Waals surface area contributed by atoms with Crippen LogP contribution in [0.5, 0.6) is 0 Å². The summed E-state index contributed by atoms with van der Waals surface area (Å²) in [4.78, 5) is 6.64. The van der Waals surface area contributed by atoms with Gasteiger partial charge in [-0.1, -0.05) is 36.7 Å². The summed E-state index contributed by atoms with van der Waals surface area (Å²) in [5.41, 5.74) is 5.64. The van der Waals surface area contributed by atoms with Crippen LogP contribution in [-0.4, -0.2) is 38.3 Å². The number of halogens is 1. The minimum absolute atomic E-state index is 0.151. The van der Waals surface area contributed by atoms with E-state index in [1.54, 1.807) is 0 Å². The van der Waals surface area contributed by atoms with Gasteiger partial charge in [-0.05, 0) is 46.0 Å². The molecule has 0 spiro atoms. The van der Waals surface area contributed by atoms with Crippen LogP contribution < -0.4 is 0 Å². The third kappa shape index (κ3) is 3.94. The highest BCUT2D eigenvalue weighted by atomic mass is 35.5. The zero-order valence-corrected chi connectivity index (χ0v) is 17.5. The van der Waals surface area contributed by atoms with E-state index in [4.69, 9.17) is 16.7 Å². The molecule has 0 saturated heterocycles. The van der Waals surface area contributed by atoms with Crippen LogP contribution in [0.15, 0.2) is 36.8 Å². The third-order valence-electron chi connectivity index (χ3n) is 5.04. The first-order valence-electron chi connectivity index (χ1n) is 9.39. The fraction of sp³-hybridized carbons (Fsp3) is 0.429. The van der Waals surface area contributed by atoms with Gasteiger partial charge in [0.1, 0.15) is 0 Å². The molecule has 0 saturated carbocycles. The first-order valence-corrected chi connectivity index (χ1v) is 9.77. The van der Waals surface area contributed by atoms with E-state index in [1.807, 2.05) is 30.7 Å². The van der Waals surface area contributed by atoms with Gasteiger partial charge in [0.2, 0.25) is 0 Å². The summed E-state index contributed by atoms with van der Waals surface area (Å²) in [6.45, 7) is 8.08. The van der Waals surface area contributed by atoms with Crippen LogP contribution in [-0.2, 0) is 13.1 Å². The number of hydrogen-bond acceptors (Lipinski definition) is 3. The highest BCUT2D eigenvalue weighted by molar-refractivity contribution is 6.31. The molecule has 6 heteroatoms. The molecular formula is C21H28ClN5. The predicted molar refractivity (Wildman–Crippen MR) is 111 cm³/mol. The Hall–Kier alpha value is -2.11. The molecular weight excluding hydrogens is 358 g/mol. The van der Waals surface area contributed by atoms with E-state index in [1.165, 1.54) is 11.3 Å². The van der Waals surface area contributed by atoms with Gasteiger partial charge in [0.25, 0.3) is 0 Å². The maximum absolute atomic E-state index is 6.48. The van der Waals surface area contributed by atoms with Gasteiger partial charge in [-0.2, -0.15) is 5.10 Å². The van der Waals surface area contributed by atoms with Crippen LogP contribution in [0.3, 0.4) is 0 Å². The molecule has 0 fully saturated rings. The second-order valence-electron chi connectivity index (χ2n) is 7.20. The maximum Gasteiger partial charge on any atom is 0.0951 e. The minimum atomic E-state index is 0.151. The first kappa shape index (κ1) is 19.6. The summed E-state index contributed by atoms with van der Waals surface area (Å²) >= 11 is 6.48. The Kier molecular flexibility index (Phi) is 6.02. The van der Waals surface area contributed by atoms with Crippen LogP contribution in [0.1, 0.15) is 36.3 Å². The average molecular weight is 386 g/mol. The highest BCUT2D eigenvalue weighted by Crippen LogP contribution is 2.31. The van der Waals surface area contributed by atoms with Gasteiger partial charge in [0, 0.05) is 29.4 Å². The van der Waals surface area contributed by atoms with E-state index in [0.717, 1.165) is 41.5 Å². The number of aromatic nitrogens is 4. The molecule has 0 bridgehead atoms. The Morgan fingerprint density at radius 1 is 1.19 bits per heavy atom. The van der Waals surface area contributed by atoms with Crippen LogP contribution in [0.25, 0.3) is 11.3 Å². The molecule has 144 valence electrons. The van der Waals surface area contributed by atoms with Gasteiger partial charge in [-0.25, -0.2) is 4.98 Å². The lowest BCUT2D eigenvalue weighted by Crippen LogP contribution is -2.25. The van der Waals surface area contributed by atoms with Crippen molar-refractivity contribution in [2.45, 2.75) is 46.3 Å². The van der Waals surface area contributed by atoms with Gasteiger partial charge >= 0.3 is 0 Å². The quantitative estimate of drug-likeness (QED) is 0.590. The fourth-order valence-corrected chi connectivity index (χ4v) is 3.90. The Morgan fingerprint density at radius 2 is 1.93 bits per heavy atom. The first-order chi connectivity index (χ1) is 12.9. The molecule has 27 heavy (non-hydrogen) atoms. The number of rotatable bonds is 7. The van der Waals surface area contributed by atoms with Gasteiger partial charge in [-0.15, -0.1) is 0 Å². The summed E-state index contributed by atoms with van der Waals surface area (Å²) in [7, 11) is 4.17. The van der Waals surface area contributed by atoms with Gasteiger partial charge in [0.15, 0.2) is 0 Å². The van der Waals surface area contributed by atoms with Crippen molar-refractivity contribution in [2.24, 2.45) is 0 Å². The van der Waals surface area contributed by atoms with Crippen molar-refractivity contribution in [3.05, 3.63) is 58.8 Å². The van der Waals surface area contributed by atoms with Crippen LogP contribution in [0.2, 0.25) is 5.02 Å². The van der Waals surface area contributed by atoms with E-state index in [2.05, 4.69) is 60.1 Å². The Balaban J connectivity index is 1.99. The standard InChI is InChI=1S/C21H28ClN5/c1-6-11-27-16(3)21(15(2)24-27)19-12-23-14-26(19)13-20(25(4)5)17-9-7-8-10-18(17)22/h7-10,12,14,20H,6,11,13H2,1-5H3. The van der Waals surface area contributed by atoms with E-state index in [0.29, 0.717) is 0 Å². The van der Waals surface area contributed by atoms with Crippen molar-refractivity contribution in [3.8, 4) is 11.3 Å². The van der Waals surface area contributed by atoms with Crippen molar-refractivity contribution in [1.82, 2.24) is 24.2 Å².